The molecule has 4 aromatic rings. The minimum atomic E-state index is -1.45. The number of esters is 3. The molecule has 4 aromatic carbocycles. The van der Waals surface area contributed by atoms with Crippen LogP contribution in [0.4, 0.5) is 31.5 Å². The van der Waals surface area contributed by atoms with Gasteiger partial charge in [0.1, 0.15) is 0 Å². The first kappa shape index (κ1) is 67.0. The van der Waals surface area contributed by atoms with E-state index in [1.54, 1.807) is 32.9 Å². The van der Waals surface area contributed by atoms with Crippen LogP contribution in [0.3, 0.4) is 0 Å². The van der Waals surface area contributed by atoms with Gasteiger partial charge >= 0.3 is 35.3 Å². The molecule has 25 heteroatoms. The number of nitrogen functional groups attached to an aromatic ring is 1. The number of nitrogens with zero attached hydrogens (tertiary/aromatic N) is 3. The van der Waals surface area contributed by atoms with Crippen molar-refractivity contribution in [3.05, 3.63) is 144 Å². The lowest BCUT2D eigenvalue weighted by Crippen LogP contribution is -2.22. The van der Waals surface area contributed by atoms with Crippen LogP contribution >= 0.6 is 46.4 Å². The van der Waals surface area contributed by atoms with Gasteiger partial charge in [0.05, 0.1) is 76.9 Å². The quantitative estimate of drug-likeness (QED) is 0.0347. The lowest BCUT2D eigenvalue weighted by molar-refractivity contribution is -0.387. The lowest BCUT2D eigenvalue weighted by Gasteiger charge is -2.22. The zero-order valence-corrected chi connectivity index (χ0v) is 47.0. The number of nitro benzene ring substituents is 3. The molecule has 3 aliphatic carbocycles. The predicted molar refractivity (Wildman–Crippen MR) is 297 cm³/mol. The zero-order valence-electron chi connectivity index (χ0n) is 44.0. The Balaban J connectivity index is 0.000000269. The van der Waals surface area contributed by atoms with E-state index in [0.717, 1.165) is 30.9 Å². The molecule has 0 aromatic heterocycles. The van der Waals surface area contributed by atoms with Gasteiger partial charge in [0, 0.05) is 47.6 Å². The Morgan fingerprint density at radius 3 is 1.19 bits per heavy atom. The normalized spacial score (nSPS) is 14.4. The van der Waals surface area contributed by atoms with Crippen molar-refractivity contribution in [1.29, 1.82) is 0 Å². The van der Waals surface area contributed by atoms with Gasteiger partial charge in [0.15, 0.2) is 0 Å². The van der Waals surface area contributed by atoms with Crippen molar-refractivity contribution in [2.24, 2.45) is 17.6 Å². The lowest BCUT2D eigenvalue weighted by atomic mass is 9.84. The smallest absolute Gasteiger partial charge is 0.339 e. The average molecular weight is 1190 g/mol. The Hall–Kier alpha value is -6.26. The highest BCUT2D eigenvalue weighted by molar-refractivity contribution is 6.35. The molecule has 0 heterocycles. The van der Waals surface area contributed by atoms with Gasteiger partial charge in [0.2, 0.25) is 11.6 Å². The Morgan fingerprint density at radius 1 is 0.519 bits per heavy atom. The number of aromatic carboxylic acids is 1. The van der Waals surface area contributed by atoms with Crippen molar-refractivity contribution >= 4 is 93.0 Å². The maximum Gasteiger partial charge on any atom is 0.339 e. The Bertz CT molecular complexity index is 2740. The molecule has 3 fully saturated rings. The number of rotatable bonds is 14. The van der Waals surface area contributed by atoms with Crippen LogP contribution in [0.25, 0.3) is 0 Å². The number of hydrogen-bond acceptors (Lipinski definition) is 15. The van der Waals surface area contributed by atoms with E-state index in [-0.39, 0.29) is 45.1 Å². The molecule has 5 N–H and O–H groups in total. The van der Waals surface area contributed by atoms with Gasteiger partial charge in [-0.15, -0.1) is 0 Å². The standard InChI is InChI=1S/C16H20ClNO4.C16H22ClNO2.C9H7ClFNO4.C7H3ClFNO4.C6H13N/c1-2-22-16(19)13-10-15(18(20)21)12(9-14(13)17)8-11-6-4-3-5-7-11;1-2-20-16(19)13-10-15(18)12(9-14(13)17)8-11-6-4-3-5-7-11;1-2-16-9(13)5-3-8(12(14)15)7(11)4-6(5)10;8-4-2-5(9)6(10(13)14)1-3(4)7(11)12;7-6-4-2-1-3-5-6/h9-11H,2-8H2,1H3;9-11H,2-8,18H2,1H3;3-4H,2H2,1H3;1-2H,(H,11,12);6H,1-5,7H2. The summed E-state index contributed by atoms with van der Waals surface area (Å²) in [5.41, 5.74) is 11.9. The summed E-state index contributed by atoms with van der Waals surface area (Å²) >= 11 is 23.3. The van der Waals surface area contributed by atoms with Crippen molar-refractivity contribution in [2.45, 2.75) is 136 Å². The van der Waals surface area contributed by atoms with Crippen LogP contribution in [0.1, 0.15) is 170 Å². The van der Waals surface area contributed by atoms with E-state index in [4.69, 9.17) is 72.5 Å². The van der Waals surface area contributed by atoms with Gasteiger partial charge in [-0.25, -0.2) is 19.2 Å². The molecule has 432 valence electrons. The van der Waals surface area contributed by atoms with Gasteiger partial charge in [-0.05, 0) is 82.1 Å². The molecule has 19 nitrogen and oxygen atoms in total. The van der Waals surface area contributed by atoms with Gasteiger partial charge in [-0.2, -0.15) is 8.78 Å². The van der Waals surface area contributed by atoms with Gasteiger partial charge in [-0.3, -0.25) is 30.3 Å². The van der Waals surface area contributed by atoms with Crippen LogP contribution in [0.2, 0.25) is 20.1 Å². The highest BCUT2D eigenvalue weighted by atomic mass is 35.5. The molecule has 0 atom stereocenters. The van der Waals surface area contributed by atoms with E-state index in [1.807, 2.05) is 6.07 Å². The van der Waals surface area contributed by atoms with Gasteiger partial charge in [-0.1, -0.05) is 130 Å². The number of carbonyl (C=O) groups excluding carboxylic acids is 3. The molecule has 0 bridgehead atoms. The minimum Gasteiger partial charge on any atom is -0.478 e. The Labute approximate surface area is 476 Å². The van der Waals surface area contributed by atoms with E-state index in [2.05, 4.69) is 4.74 Å². The number of nitrogens with two attached hydrogens (primary N) is 2. The van der Waals surface area contributed by atoms with Crippen molar-refractivity contribution < 1.29 is 62.0 Å². The first-order chi connectivity index (χ1) is 37.4. The largest absolute Gasteiger partial charge is 0.478 e. The van der Waals surface area contributed by atoms with Crippen molar-refractivity contribution in [3.63, 3.8) is 0 Å². The summed E-state index contributed by atoms with van der Waals surface area (Å²) in [6.45, 7) is 5.65. The number of benzene rings is 4. The first-order valence-electron chi connectivity index (χ1n) is 25.8. The Morgan fingerprint density at radius 2 is 0.835 bits per heavy atom. The van der Waals surface area contributed by atoms with Crippen molar-refractivity contribution in [3.8, 4) is 0 Å². The molecule has 3 saturated carbocycles. The monoisotopic (exact) mass is 1190 g/mol. The SMILES string of the molecule is CCOC(=O)c1cc(N)c(CC2CCCCC2)cc1Cl.CCOC(=O)c1cc([N+](=O)[O-])c(CC2CCCCC2)cc1Cl.CCOC(=O)c1cc([N+](=O)[O-])c(F)cc1Cl.NC1CCCCC1.O=C(O)c1cc([N+](=O)[O-])c(F)cc1Cl. The third-order valence-electron chi connectivity index (χ3n) is 12.9. The molecule has 3 aliphatic rings. The zero-order chi connectivity index (χ0) is 58.9. The molecule has 79 heavy (non-hydrogen) atoms. The second-order valence-electron chi connectivity index (χ2n) is 18.6. The van der Waals surface area contributed by atoms with Crippen LogP contribution in [0.15, 0.2) is 48.5 Å². The second-order valence-corrected chi connectivity index (χ2v) is 20.2. The highest BCUT2D eigenvalue weighted by Gasteiger charge is 2.26. The minimum absolute atomic E-state index is 0.0435. The third kappa shape index (κ3) is 21.7. The summed E-state index contributed by atoms with van der Waals surface area (Å²) in [4.78, 5) is 74.9. The summed E-state index contributed by atoms with van der Waals surface area (Å²) in [6, 6.07) is 9.48. The maximum absolute atomic E-state index is 13.1. The summed E-state index contributed by atoms with van der Waals surface area (Å²) in [6.07, 6.45) is 20.5. The first-order valence-corrected chi connectivity index (χ1v) is 27.3. The summed E-state index contributed by atoms with van der Waals surface area (Å²) < 4.78 is 40.4. The molecule has 0 amide bonds. The number of hydrogen-bond donors (Lipinski definition) is 3. The van der Waals surface area contributed by atoms with E-state index >= 15 is 0 Å². The topological polar surface area (TPSA) is 298 Å². The third-order valence-corrected chi connectivity index (χ3v) is 14.1. The molecule has 0 saturated heterocycles. The van der Waals surface area contributed by atoms with Crippen LogP contribution in [0, 0.1) is 53.8 Å². The van der Waals surface area contributed by atoms with E-state index in [1.165, 1.54) is 89.5 Å². The summed E-state index contributed by atoms with van der Waals surface area (Å²) in [5, 5.41) is 40.6. The van der Waals surface area contributed by atoms with Crippen LogP contribution < -0.4 is 11.5 Å². The number of carboxylic acid groups (broad SMARTS) is 1. The van der Waals surface area contributed by atoms with Crippen LogP contribution in [0.5, 0.6) is 0 Å². The fourth-order valence-electron chi connectivity index (χ4n) is 8.90. The van der Waals surface area contributed by atoms with E-state index in [9.17, 15) is 58.3 Å². The van der Waals surface area contributed by atoms with Crippen LogP contribution in [-0.4, -0.2) is 69.6 Å². The molecular weight excluding hydrogens is 1120 g/mol. The second kappa shape index (κ2) is 34.0. The highest BCUT2D eigenvalue weighted by Crippen LogP contribution is 2.35. The van der Waals surface area contributed by atoms with E-state index in [0.29, 0.717) is 70.9 Å². The summed E-state index contributed by atoms with van der Waals surface area (Å²) in [5.74, 6) is -4.41. The number of carboxylic acids is 1. The van der Waals surface area contributed by atoms with Crippen molar-refractivity contribution in [2.75, 3.05) is 25.6 Å². The number of halogens is 6. The fourth-order valence-corrected chi connectivity index (χ4v) is 9.88. The van der Waals surface area contributed by atoms with Crippen LogP contribution in [-0.2, 0) is 27.1 Å². The van der Waals surface area contributed by atoms with E-state index < -0.39 is 67.2 Å². The molecule has 0 aliphatic heterocycles. The number of anilines is 1. The van der Waals surface area contributed by atoms with Gasteiger partial charge < -0.3 is 30.8 Å². The Kier molecular flexibility index (Phi) is 28.9. The predicted octanol–water partition coefficient (Wildman–Crippen LogP) is 14.7. The maximum atomic E-state index is 13.1. The molecule has 0 unspecified atom stereocenters. The number of ether oxygens (including phenoxy) is 3. The molecule has 0 radical (unpaired) electrons. The summed E-state index contributed by atoms with van der Waals surface area (Å²) in [7, 11) is 0. The number of carbonyl (C=O) groups is 4. The fraction of sp³-hybridized carbons (Fsp3) is 0.481. The molecular formula is C54H65Cl4F2N5O14. The molecule has 0 spiro atoms. The molecule has 7 rings (SSSR count). The van der Waals surface area contributed by atoms with Gasteiger partial charge in [0.25, 0.3) is 5.69 Å². The average Bonchev–Trinajstić information content (AvgIpc) is 3.40. The number of nitro groups is 3. The van der Waals surface area contributed by atoms with Crippen molar-refractivity contribution in [1.82, 2.24) is 0 Å².